The molecule has 0 aliphatic heterocycles. The van der Waals surface area contributed by atoms with Crippen molar-refractivity contribution in [2.75, 3.05) is 20.5 Å². The Kier molecular flexibility index (Phi) is 11.9. The van der Waals surface area contributed by atoms with Crippen LogP contribution in [0.15, 0.2) is 71.8 Å². The fourth-order valence-electron chi connectivity index (χ4n) is 6.44. The summed E-state index contributed by atoms with van der Waals surface area (Å²) in [5.41, 5.74) is 3.36. The van der Waals surface area contributed by atoms with Crippen molar-refractivity contribution < 1.29 is 38.4 Å². The van der Waals surface area contributed by atoms with Crippen LogP contribution in [-0.4, -0.2) is 61.8 Å². The summed E-state index contributed by atoms with van der Waals surface area (Å²) in [4.78, 5) is 26.0. The highest BCUT2D eigenvalue weighted by molar-refractivity contribution is 5.98. The van der Waals surface area contributed by atoms with Crippen LogP contribution in [0.25, 0.3) is 0 Å². The van der Waals surface area contributed by atoms with Crippen molar-refractivity contribution in [2.45, 2.75) is 77.7 Å². The minimum atomic E-state index is -0.898. The quantitative estimate of drug-likeness (QED) is 0.246. The summed E-state index contributed by atoms with van der Waals surface area (Å²) in [7, 11) is 1.55. The number of fused-ring (bicyclic) bond motifs is 1. The van der Waals surface area contributed by atoms with Gasteiger partial charge in [0, 0.05) is 37.7 Å². The van der Waals surface area contributed by atoms with E-state index >= 15 is 0 Å². The van der Waals surface area contributed by atoms with Crippen LogP contribution in [0.1, 0.15) is 51.2 Å². The lowest BCUT2D eigenvalue weighted by Crippen LogP contribution is -2.59. The molecular formula is C34H44O8. The molecule has 0 amide bonds. The average Bonchev–Trinajstić information content (AvgIpc) is 3.00. The average molecular weight is 581 g/mol. The van der Waals surface area contributed by atoms with Gasteiger partial charge in [0.15, 0.2) is 5.78 Å². The van der Waals surface area contributed by atoms with Crippen LogP contribution in [0.3, 0.4) is 0 Å². The molecule has 0 heterocycles. The number of carbonyl (C=O) groups is 2. The fraction of sp³-hybridized carbons (Fsp3) is 0.529. The zero-order chi connectivity index (χ0) is 30.1. The number of methoxy groups -OCH3 is 1. The third-order valence-corrected chi connectivity index (χ3v) is 8.42. The Morgan fingerprint density at radius 2 is 1.57 bits per heavy atom. The van der Waals surface area contributed by atoms with Crippen LogP contribution in [-0.2, 0) is 46.5 Å². The maximum Gasteiger partial charge on any atom is 0.306 e. The summed E-state index contributed by atoms with van der Waals surface area (Å²) >= 11 is 0. The number of allylic oxidation sites excluding steroid dienone is 1. The van der Waals surface area contributed by atoms with Crippen molar-refractivity contribution in [3.63, 3.8) is 0 Å². The third-order valence-electron chi connectivity index (χ3n) is 8.42. The molecule has 1 saturated carbocycles. The summed E-state index contributed by atoms with van der Waals surface area (Å²) in [6, 6.07) is 19.8. The number of benzene rings is 2. The van der Waals surface area contributed by atoms with Gasteiger partial charge in [0.05, 0.1) is 44.2 Å². The molecule has 0 spiro atoms. The van der Waals surface area contributed by atoms with Crippen molar-refractivity contribution in [3.05, 3.63) is 82.9 Å². The molecule has 7 atom stereocenters. The third kappa shape index (κ3) is 7.74. The molecule has 0 saturated heterocycles. The number of hydrogen-bond donors (Lipinski definition) is 1. The molecule has 2 aliphatic carbocycles. The molecule has 1 N–H and O–H groups in total. The molecule has 8 nitrogen and oxygen atoms in total. The van der Waals surface area contributed by atoms with Crippen LogP contribution in [0.5, 0.6) is 0 Å². The number of aliphatic hydroxyl groups excluding tert-OH is 1. The van der Waals surface area contributed by atoms with E-state index in [9.17, 15) is 14.7 Å². The molecule has 1 fully saturated rings. The van der Waals surface area contributed by atoms with E-state index in [1.807, 2.05) is 74.5 Å². The molecule has 0 bridgehead atoms. The Morgan fingerprint density at radius 3 is 2.14 bits per heavy atom. The smallest absolute Gasteiger partial charge is 0.306 e. The zero-order valence-electron chi connectivity index (χ0n) is 25.1. The molecule has 0 radical (unpaired) electrons. The van der Waals surface area contributed by atoms with Crippen LogP contribution in [0.2, 0.25) is 0 Å². The number of ketones is 1. The lowest BCUT2D eigenvalue weighted by atomic mass is 9.60. The molecule has 2 aromatic rings. The molecule has 0 unspecified atom stereocenters. The van der Waals surface area contributed by atoms with Gasteiger partial charge in [-0.3, -0.25) is 9.59 Å². The van der Waals surface area contributed by atoms with Gasteiger partial charge in [-0.2, -0.15) is 0 Å². The summed E-state index contributed by atoms with van der Waals surface area (Å²) in [6.45, 7) is 6.71. The van der Waals surface area contributed by atoms with Crippen molar-refractivity contribution in [1.82, 2.24) is 0 Å². The van der Waals surface area contributed by atoms with Crippen molar-refractivity contribution in [3.8, 4) is 0 Å². The van der Waals surface area contributed by atoms with Crippen LogP contribution in [0, 0.1) is 17.8 Å². The van der Waals surface area contributed by atoms with E-state index in [1.54, 1.807) is 14.0 Å². The highest BCUT2D eigenvalue weighted by Gasteiger charge is 2.54. The highest BCUT2D eigenvalue weighted by Crippen LogP contribution is 2.49. The predicted molar refractivity (Wildman–Crippen MR) is 157 cm³/mol. The van der Waals surface area contributed by atoms with E-state index in [2.05, 4.69) is 0 Å². The molecule has 8 heteroatoms. The Labute approximate surface area is 249 Å². The predicted octanol–water partition coefficient (Wildman–Crippen LogP) is 5.02. The van der Waals surface area contributed by atoms with E-state index in [0.717, 1.165) is 16.7 Å². The van der Waals surface area contributed by atoms with Crippen LogP contribution >= 0.6 is 0 Å². The van der Waals surface area contributed by atoms with E-state index in [-0.39, 0.29) is 62.4 Å². The number of ether oxygens (including phenoxy) is 5. The largest absolute Gasteiger partial charge is 0.466 e. The normalized spacial score (nSPS) is 26.5. The van der Waals surface area contributed by atoms with Gasteiger partial charge in [-0.05, 0) is 42.5 Å². The lowest BCUT2D eigenvalue weighted by Gasteiger charge is -2.52. The molecular weight excluding hydrogens is 536 g/mol. The summed E-state index contributed by atoms with van der Waals surface area (Å²) in [5.74, 6) is -1.42. The summed E-state index contributed by atoms with van der Waals surface area (Å²) < 4.78 is 29.4. The van der Waals surface area contributed by atoms with Crippen molar-refractivity contribution in [2.24, 2.45) is 17.8 Å². The fourth-order valence-corrected chi connectivity index (χ4v) is 6.44. The number of rotatable bonds is 14. The zero-order valence-corrected chi connectivity index (χ0v) is 25.1. The minimum Gasteiger partial charge on any atom is -0.466 e. The lowest BCUT2D eigenvalue weighted by molar-refractivity contribution is -0.191. The molecule has 4 rings (SSSR count). The second-order valence-electron chi connectivity index (χ2n) is 11.1. The number of aliphatic hydroxyl groups is 1. The number of Topliss-reactive ketones (excluding diaryl/α,β-unsaturated/α-hetero) is 1. The van der Waals surface area contributed by atoms with Gasteiger partial charge < -0.3 is 28.8 Å². The second-order valence-corrected chi connectivity index (χ2v) is 11.1. The Morgan fingerprint density at radius 1 is 0.976 bits per heavy atom. The first-order valence-electron chi connectivity index (χ1n) is 14.9. The summed E-state index contributed by atoms with van der Waals surface area (Å²) in [5, 5.41) is 11.8. The van der Waals surface area contributed by atoms with Gasteiger partial charge in [0.1, 0.15) is 6.79 Å². The molecule has 42 heavy (non-hydrogen) atoms. The van der Waals surface area contributed by atoms with Crippen LogP contribution < -0.4 is 0 Å². The Bertz CT molecular complexity index is 1180. The highest BCUT2D eigenvalue weighted by atomic mass is 16.7. The maximum absolute atomic E-state index is 13.7. The van der Waals surface area contributed by atoms with Gasteiger partial charge in [-0.15, -0.1) is 0 Å². The van der Waals surface area contributed by atoms with E-state index in [4.69, 9.17) is 23.7 Å². The van der Waals surface area contributed by atoms with E-state index in [1.165, 1.54) is 0 Å². The SMILES string of the molecule is CCOC(=O)CCC1=C([C@@H](C)OCOC)[C@H]2[C@@H](CC1=O)[C@@H](O)[C@H](OCc1ccccc1)[C@H](C)[C@H]2OCc1ccccc1. The Balaban J connectivity index is 1.71. The van der Waals surface area contributed by atoms with Crippen molar-refractivity contribution >= 4 is 11.8 Å². The minimum absolute atomic E-state index is 0.0395. The van der Waals surface area contributed by atoms with Crippen LogP contribution in [0.4, 0.5) is 0 Å². The first-order valence-corrected chi connectivity index (χ1v) is 14.9. The van der Waals surface area contributed by atoms with Gasteiger partial charge >= 0.3 is 5.97 Å². The van der Waals surface area contributed by atoms with Gasteiger partial charge in [0.2, 0.25) is 0 Å². The molecule has 0 aromatic heterocycles. The maximum atomic E-state index is 13.7. The monoisotopic (exact) mass is 580 g/mol. The Hall–Kier alpha value is -2.88. The first-order chi connectivity index (χ1) is 20.3. The van der Waals surface area contributed by atoms with Gasteiger partial charge in [-0.1, -0.05) is 67.6 Å². The first kappa shape index (κ1) is 32.0. The number of hydrogen-bond acceptors (Lipinski definition) is 8. The van der Waals surface area contributed by atoms with Crippen molar-refractivity contribution in [1.29, 1.82) is 0 Å². The molecule has 228 valence electrons. The van der Waals surface area contributed by atoms with Gasteiger partial charge in [0.25, 0.3) is 0 Å². The second kappa shape index (κ2) is 15.5. The molecule has 2 aromatic carbocycles. The van der Waals surface area contributed by atoms with E-state index in [0.29, 0.717) is 18.8 Å². The number of carbonyl (C=O) groups excluding carboxylic acids is 2. The standard InChI is InChI=1S/C34H44O8/c1-5-39-29(36)17-16-26-28(35)18-27-31(30(26)23(3)42-21-38-4)33(40-19-24-12-8-6-9-13-24)22(2)34(32(27)37)41-20-25-14-10-7-11-15-25/h6-15,22-23,27,31-34,37H,5,16-21H2,1-4H3/t22-,23-,27-,31-,32-,33-,34-/m1/s1. The topological polar surface area (TPSA) is 101 Å². The van der Waals surface area contributed by atoms with Gasteiger partial charge in [-0.25, -0.2) is 0 Å². The molecule has 2 aliphatic rings. The number of esters is 1. The van der Waals surface area contributed by atoms with E-state index < -0.39 is 24.2 Å². The summed E-state index contributed by atoms with van der Waals surface area (Å²) in [6.07, 6.45) is -1.86.